The van der Waals surface area contributed by atoms with Crippen molar-refractivity contribution < 1.29 is 0 Å². The quantitative estimate of drug-likeness (QED) is 0.519. The summed E-state index contributed by atoms with van der Waals surface area (Å²) in [5.74, 6) is 2.83. The van der Waals surface area contributed by atoms with Crippen molar-refractivity contribution in [3.05, 3.63) is 29.5 Å². The maximum absolute atomic E-state index is 4.69. The van der Waals surface area contributed by atoms with Crippen LogP contribution in [0.4, 0.5) is 5.82 Å². The Balaban J connectivity index is 1.81. The van der Waals surface area contributed by atoms with Crippen molar-refractivity contribution in [2.75, 3.05) is 37.6 Å². The van der Waals surface area contributed by atoms with Crippen molar-refractivity contribution in [3.63, 3.8) is 0 Å². The molecule has 0 spiro atoms. The fraction of sp³-hybridized carbons (Fsp3) is 0.708. The highest BCUT2D eigenvalue weighted by molar-refractivity contribution is 5.58. The molecule has 0 radical (unpaired) electrons. The Morgan fingerprint density at radius 3 is 2.59 bits per heavy atom. The van der Waals surface area contributed by atoms with E-state index in [1.165, 1.54) is 62.9 Å². The lowest BCUT2D eigenvalue weighted by Crippen LogP contribution is -2.36. The number of aryl methyl sites for hydroxylation is 1. The van der Waals surface area contributed by atoms with Crippen molar-refractivity contribution in [3.8, 4) is 0 Å². The number of rotatable bonds is 10. The van der Waals surface area contributed by atoms with E-state index in [9.17, 15) is 0 Å². The molecule has 0 aliphatic carbocycles. The predicted octanol–water partition coefficient (Wildman–Crippen LogP) is 5.79. The highest BCUT2D eigenvalue weighted by Crippen LogP contribution is 2.26. The Morgan fingerprint density at radius 2 is 1.96 bits per heavy atom. The third-order valence-corrected chi connectivity index (χ3v) is 5.83. The van der Waals surface area contributed by atoms with Crippen molar-refractivity contribution in [2.24, 2.45) is 11.8 Å². The highest BCUT2D eigenvalue weighted by atomic mass is 15.2. The molecule has 1 aliphatic rings. The van der Waals surface area contributed by atoms with E-state index >= 15 is 0 Å². The molecule has 2 heterocycles. The van der Waals surface area contributed by atoms with Crippen molar-refractivity contribution >= 4 is 11.9 Å². The molecule has 1 fully saturated rings. The van der Waals surface area contributed by atoms with E-state index in [0.29, 0.717) is 0 Å². The number of hydrogen-bond donors (Lipinski definition) is 0. The van der Waals surface area contributed by atoms with Crippen LogP contribution in [0.5, 0.6) is 0 Å². The molecule has 1 saturated heterocycles. The zero-order chi connectivity index (χ0) is 19.6. The Hall–Kier alpha value is -1.35. The number of pyridine rings is 1. The van der Waals surface area contributed by atoms with Gasteiger partial charge in [-0.15, -0.1) is 0 Å². The first kappa shape index (κ1) is 21.9. The van der Waals surface area contributed by atoms with E-state index in [-0.39, 0.29) is 0 Å². The largest absolute Gasteiger partial charge is 0.357 e. The predicted molar refractivity (Wildman–Crippen MR) is 119 cm³/mol. The van der Waals surface area contributed by atoms with Gasteiger partial charge in [-0.2, -0.15) is 0 Å². The maximum Gasteiger partial charge on any atom is 0.129 e. The Kier molecular flexibility index (Phi) is 9.33. The van der Waals surface area contributed by atoms with E-state index in [0.717, 1.165) is 30.7 Å². The third-order valence-electron chi connectivity index (χ3n) is 5.83. The Morgan fingerprint density at radius 1 is 1.22 bits per heavy atom. The van der Waals surface area contributed by atoms with Crippen molar-refractivity contribution in [1.29, 1.82) is 0 Å². The van der Waals surface area contributed by atoms with Gasteiger partial charge in [0.1, 0.15) is 5.82 Å². The van der Waals surface area contributed by atoms with Crippen LogP contribution in [0.2, 0.25) is 0 Å². The lowest BCUT2D eigenvalue weighted by Gasteiger charge is -2.34. The van der Waals surface area contributed by atoms with E-state index in [1.807, 2.05) is 6.20 Å². The molecule has 0 saturated carbocycles. The van der Waals surface area contributed by atoms with Gasteiger partial charge in [0.15, 0.2) is 0 Å². The molecule has 0 N–H and O–H groups in total. The molecule has 1 aliphatic heterocycles. The average Bonchev–Trinajstić information content (AvgIpc) is 2.66. The molecule has 0 aromatic carbocycles. The van der Waals surface area contributed by atoms with Crippen LogP contribution in [0.15, 0.2) is 18.3 Å². The second kappa shape index (κ2) is 11.5. The molecule has 3 heteroatoms. The summed E-state index contributed by atoms with van der Waals surface area (Å²) in [5, 5.41) is 0. The first-order valence-electron chi connectivity index (χ1n) is 11.1. The second-order valence-corrected chi connectivity index (χ2v) is 8.64. The smallest absolute Gasteiger partial charge is 0.129 e. The number of anilines is 1. The van der Waals surface area contributed by atoms with E-state index in [4.69, 9.17) is 4.98 Å². The summed E-state index contributed by atoms with van der Waals surface area (Å²) in [6.07, 6.45) is 12.9. The van der Waals surface area contributed by atoms with E-state index in [2.05, 4.69) is 62.6 Å². The van der Waals surface area contributed by atoms with E-state index < -0.39 is 0 Å². The van der Waals surface area contributed by atoms with Gasteiger partial charge in [0.05, 0.1) is 0 Å². The first-order chi connectivity index (χ1) is 13.0. The number of allylic oxidation sites excluding steroid dienone is 1. The minimum Gasteiger partial charge on any atom is -0.357 e. The van der Waals surface area contributed by atoms with Crippen molar-refractivity contribution in [2.45, 2.75) is 66.7 Å². The Labute approximate surface area is 167 Å². The van der Waals surface area contributed by atoms with Crippen LogP contribution in [0.1, 0.15) is 70.9 Å². The fourth-order valence-corrected chi connectivity index (χ4v) is 3.97. The molecule has 0 bridgehead atoms. The summed E-state index contributed by atoms with van der Waals surface area (Å²) < 4.78 is 0. The summed E-state index contributed by atoms with van der Waals surface area (Å²) >= 11 is 0. The normalized spacial score (nSPS) is 16.2. The monoisotopic (exact) mass is 371 g/mol. The summed E-state index contributed by atoms with van der Waals surface area (Å²) in [6, 6.07) is 2.25. The summed E-state index contributed by atoms with van der Waals surface area (Å²) in [6.45, 7) is 17.3. The standard InChI is InChI=1S/C24H41N3/c1-6-8-23-18-24(25-19-21(23)5)27-16-11-22(12-17-27)10-15-26(13-7-2)14-9-20(3)4/h6,8,18-20,22H,7,9-17H2,1-5H3/b8-6-. The lowest BCUT2D eigenvalue weighted by atomic mass is 9.93. The van der Waals surface area contributed by atoms with Gasteiger partial charge in [-0.25, -0.2) is 4.98 Å². The zero-order valence-electron chi connectivity index (χ0n) is 18.4. The molecule has 0 atom stereocenters. The minimum atomic E-state index is 0.807. The molecular formula is C24H41N3. The molecule has 1 aromatic heterocycles. The summed E-state index contributed by atoms with van der Waals surface area (Å²) in [7, 11) is 0. The minimum absolute atomic E-state index is 0.807. The van der Waals surface area contributed by atoms with Gasteiger partial charge in [0.2, 0.25) is 0 Å². The molecule has 0 amide bonds. The highest BCUT2D eigenvalue weighted by Gasteiger charge is 2.21. The first-order valence-corrected chi connectivity index (χ1v) is 11.1. The van der Waals surface area contributed by atoms with Gasteiger partial charge in [0, 0.05) is 19.3 Å². The summed E-state index contributed by atoms with van der Waals surface area (Å²) in [5.41, 5.74) is 2.55. The van der Waals surface area contributed by atoms with Crippen LogP contribution in [0.3, 0.4) is 0 Å². The number of nitrogens with zero attached hydrogens (tertiary/aromatic N) is 3. The van der Waals surface area contributed by atoms with Crippen LogP contribution in [0.25, 0.3) is 6.08 Å². The third kappa shape index (κ3) is 7.29. The molecule has 27 heavy (non-hydrogen) atoms. The van der Waals surface area contributed by atoms with Crippen LogP contribution in [0, 0.1) is 18.8 Å². The van der Waals surface area contributed by atoms with Gasteiger partial charge in [-0.05, 0) is 94.6 Å². The number of hydrogen-bond acceptors (Lipinski definition) is 3. The SMILES string of the molecule is C/C=C\c1cc(N2CCC(CCN(CCC)CCC(C)C)CC2)ncc1C. The van der Waals surface area contributed by atoms with Crippen molar-refractivity contribution in [1.82, 2.24) is 9.88 Å². The maximum atomic E-state index is 4.69. The van der Waals surface area contributed by atoms with Gasteiger partial charge in [0.25, 0.3) is 0 Å². The lowest BCUT2D eigenvalue weighted by molar-refractivity contribution is 0.228. The molecule has 2 rings (SSSR count). The van der Waals surface area contributed by atoms with Crippen LogP contribution < -0.4 is 4.90 Å². The van der Waals surface area contributed by atoms with Crippen LogP contribution >= 0.6 is 0 Å². The number of aromatic nitrogens is 1. The van der Waals surface area contributed by atoms with Crippen LogP contribution in [-0.2, 0) is 0 Å². The Bertz CT molecular complexity index is 571. The topological polar surface area (TPSA) is 19.4 Å². The molecule has 1 aromatic rings. The second-order valence-electron chi connectivity index (χ2n) is 8.64. The molecule has 0 unspecified atom stereocenters. The zero-order valence-corrected chi connectivity index (χ0v) is 18.4. The summed E-state index contributed by atoms with van der Waals surface area (Å²) in [4.78, 5) is 9.86. The number of piperidine rings is 1. The van der Waals surface area contributed by atoms with E-state index in [1.54, 1.807) is 0 Å². The van der Waals surface area contributed by atoms with Gasteiger partial charge in [-0.1, -0.05) is 32.9 Å². The molecular weight excluding hydrogens is 330 g/mol. The van der Waals surface area contributed by atoms with Gasteiger partial charge in [-0.3, -0.25) is 0 Å². The average molecular weight is 372 g/mol. The van der Waals surface area contributed by atoms with Gasteiger partial charge < -0.3 is 9.80 Å². The molecule has 3 nitrogen and oxygen atoms in total. The molecule has 152 valence electrons. The van der Waals surface area contributed by atoms with Gasteiger partial charge >= 0.3 is 0 Å². The van der Waals surface area contributed by atoms with Crippen LogP contribution in [-0.4, -0.2) is 42.6 Å². The fourth-order valence-electron chi connectivity index (χ4n) is 3.97.